The lowest BCUT2D eigenvalue weighted by Gasteiger charge is -2.26. The third kappa shape index (κ3) is 7.80. The number of aromatic nitrogens is 2. The Kier molecular flexibility index (Phi) is 10.1. The molecule has 1 aliphatic carbocycles. The molecule has 2 aliphatic rings. The first-order valence-electron chi connectivity index (χ1n) is 11.3. The number of aliphatic imine (C=N–C) groups is 1. The van der Waals surface area contributed by atoms with E-state index in [4.69, 9.17) is 19.2 Å². The SMILES string of the molecule is I.c1coc(CCNC(=NCc2ccn(C3CCCC3)n2)NCCN2CCOCC2)c1. The summed E-state index contributed by atoms with van der Waals surface area (Å²) in [7, 11) is 0. The predicted molar refractivity (Wildman–Crippen MR) is 132 cm³/mol. The highest BCUT2D eigenvalue weighted by atomic mass is 127. The Bertz CT molecular complexity index is 767. The molecule has 31 heavy (non-hydrogen) atoms. The van der Waals surface area contributed by atoms with Crippen LogP contribution in [0.1, 0.15) is 43.2 Å². The molecule has 0 radical (unpaired) electrons. The highest BCUT2D eigenvalue weighted by Crippen LogP contribution is 2.28. The van der Waals surface area contributed by atoms with Crippen molar-refractivity contribution in [1.29, 1.82) is 0 Å². The third-order valence-corrected chi connectivity index (χ3v) is 5.83. The number of morpholine rings is 1. The number of rotatable bonds is 9. The van der Waals surface area contributed by atoms with E-state index in [-0.39, 0.29) is 24.0 Å². The second-order valence-corrected chi connectivity index (χ2v) is 8.03. The quantitative estimate of drug-likeness (QED) is 0.288. The van der Waals surface area contributed by atoms with Gasteiger partial charge < -0.3 is 19.8 Å². The van der Waals surface area contributed by atoms with Crippen LogP contribution in [0.25, 0.3) is 0 Å². The molecule has 2 N–H and O–H groups in total. The van der Waals surface area contributed by atoms with Crippen molar-refractivity contribution >= 4 is 29.9 Å². The van der Waals surface area contributed by atoms with Gasteiger partial charge in [0.25, 0.3) is 0 Å². The molecule has 3 heterocycles. The van der Waals surface area contributed by atoms with Crippen LogP contribution in [-0.2, 0) is 17.7 Å². The summed E-state index contributed by atoms with van der Waals surface area (Å²) in [6.07, 6.45) is 9.76. The van der Waals surface area contributed by atoms with E-state index >= 15 is 0 Å². The first-order chi connectivity index (χ1) is 14.9. The van der Waals surface area contributed by atoms with E-state index in [0.717, 1.165) is 69.8 Å². The minimum absolute atomic E-state index is 0. The van der Waals surface area contributed by atoms with Crippen LogP contribution in [0, 0.1) is 0 Å². The fraction of sp³-hybridized carbons (Fsp3) is 0.636. The van der Waals surface area contributed by atoms with Gasteiger partial charge in [-0.15, -0.1) is 24.0 Å². The Labute approximate surface area is 201 Å². The molecule has 0 atom stereocenters. The number of guanidine groups is 1. The summed E-state index contributed by atoms with van der Waals surface area (Å²) in [6.45, 7) is 6.83. The Morgan fingerprint density at radius 3 is 2.71 bits per heavy atom. The number of nitrogens with one attached hydrogen (secondary N) is 2. The molecule has 2 aromatic rings. The van der Waals surface area contributed by atoms with Crippen LogP contribution in [0.5, 0.6) is 0 Å². The van der Waals surface area contributed by atoms with Crippen LogP contribution in [0.15, 0.2) is 40.1 Å². The summed E-state index contributed by atoms with van der Waals surface area (Å²) in [4.78, 5) is 7.20. The van der Waals surface area contributed by atoms with Gasteiger partial charge in [0.15, 0.2) is 5.96 Å². The molecule has 172 valence electrons. The average molecular weight is 542 g/mol. The number of hydrogen-bond acceptors (Lipinski definition) is 5. The average Bonchev–Trinajstić information content (AvgIpc) is 3.55. The molecule has 0 spiro atoms. The summed E-state index contributed by atoms with van der Waals surface area (Å²) in [5.74, 6) is 1.80. The normalized spacial score (nSPS) is 18.1. The van der Waals surface area contributed by atoms with Crippen LogP contribution in [-0.4, -0.2) is 66.6 Å². The van der Waals surface area contributed by atoms with Crippen molar-refractivity contribution in [3.05, 3.63) is 42.1 Å². The van der Waals surface area contributed by atoms with Gasteiger partial charge in [0.05, 0.1) is 37.8 Å². The Morgan fingerprint density at radius 2 is 1.94 bits per heavy atom. The van der Waals surface area contributed by atoms with E-state index in [1.165, 1.54) is 25.7 Å². The van der Waals surface area contributed by atoms with Crippen molar-refractivity contribution in [2.24, 2.45) is 4.99 Å². The van der Waals surface area contributed by atoms with Crippen LogP contribution in [0.4, 0.5) is 0 Å². The largest absolute Gasteiger partial charge is 0.469 e. The topological polar surface area (TPSA) is 79.8 Å². The smallest absolute Gasteiger partial charge is 0.191 e. The standard InChI is InChI=1S/C22H34N6O2.HI/c1-2-5-20(4-1)28-11-8-19(26-28)18-25-22(23-9-7-21-6-3-15-30-21)24-10-12-27-13-16-29-17-14-27;/h3,6,8,11,15,20H,1-2,4-5,7,9-10,12-14,16-18H2,(H2,23,24,25);1H. The number of furan rings is 1. The van der Waals surface area contributed by atoms with Gasteiger partial charge in [0.1, 0.15) is 5.76 Å². The van der Waals surface area contributed by atoms with Gasteiger partial charge in [-0.05, 0) is 31.0 Å². The second kappa shape index (κ2) is 13.1. The fourth-order valence-electron chi connectivity index (χ4n) is 4.08. The first kappa shape index (κ1) is 24.1. The molecular formula is C22H35IN6O2. The van der Waals surface area contributed by atoms with E-state index < -0.39 is 0 Å². The number of hydrogen-bond donors (Lipinski definition) is 2. The Balaban J connectivity index is 0.00000272. The molecule has 9 heteroatoms. The molecule has 2 fully saturated rings. The number of ether oxygens (including phenoxy) is 1. The van der Waals surface area contributed by atoms with Gasteiger partial charge in [0, 0.05) is 45.3 Å². The molecular weight excluding hydrogens is 507 g/mol. The maximum atomic E-state index is 5.43. The van der Waals surface area contributed by atoms with Crippen molar-refractivity contribution in [3.63, 3.8) is 0 Å². The summed E-state index contributed by atoms with van der Waals surface area (Å²) in [6, 6.07) is 6.59. The lowest BCUT2D eigenvalue weighted by atomic mass is 10.3. The van der Waals surface area contributed by atoms with Gasteiger partial charge in [-0.1, -0.05) is 12.8 Å². The van der Waals surface area contributed by atoms with E-state index in [1.807, 2.05) is 12.1 Å². The molecule has 1 saturated carbocycles. The molecule has 4 rings (SSSR count). The van der Waals surface area contributed by atoms with E-state index in [9.17, 15) is 0 Å². The summed E-state index contributed by atoms with van der Waals surface area (Å²) < 4.78 is 13.0. The molecule has 2 aromatic heterocycles. The maximum absolute atomic E-state index is 5.43. The van der Waals surface area contributed by atoms with Gasteiger partial charge in [-0.25, -0.2) is 4.99 Å². The summed E-state index contributed by atoms with van der Waals surface area (Å²) >= 11 is 0. The zero-order valence-corrected chi connectivity index (χ0v) is 20.5. The minimum atomic E-state index is 0. The zero-order valence-electron chi connectivity index (χ0n) is 18.2. The molecule has 1 saturated heterocycles. The van der Waals surface area contributed by atoms with Crippen molar-refractivity contribution in [3.8, 4) is 0 Å². The van der Waals surface area contributed by atoms with Crippen LogP contribution >= 0.6 is 24.0 Å². The third-order valence-electron chi connectivity index (χ3n) is 5.83. The van der Waals surface area contributed by atoms with Gasteiger partial charge in [-0.2, -0.15) is 5.10 Å². The molecule has 0 amide bonds. The van der Waals surface area contributed by atoms with Crippen LogP contribution in [0.3, 0.4) is 0 Å². The van der Waals surface area contributed by atoms with Crippen LogP contribution in [0.2, 0.25) is 0 Å². The number of halogens is 1. The van der Waals surface area contributed by atoms with Crippen molar-refractivity contribution in [2.45, 2.75) is 44.7 Å². The summed E-state index contributed by atoms with van der Waals surface area (Å²) in [5.41, 5.74) is 1.02. The van der Waals surface area contributed by atoms with Gasteiger partial charge >= 0.3 is 0 Å². The van der Waals surface area contributed by atoms with E-state index in [0.29, 0.717) is 12.6 Å². The predicted octanol–water partition coefficient (Wildman–Crippen LogP) is 2.82. The van der Waals surface area contributed by atoms with Crippen molar-refractivity contribution in [2.75, 3.05) is 45.9 Å². The zero-order chi connectivity index (χ0) is 20.4. The second-order valence-electron chi connectivity index (χ2n) is 8.03. The summed E-state index contributed by atoms with van der Waals surface area (Å²) in [5, 5.41) is 11.7. The minimum Gasteiger partial charge on any atom is -0.469 e. The van der Waals surface area contributed by atoms with Crippen molar-refractivity contribution < 1.29 is 9.15 Å². The molecule has 0 aromatic carbocycles. The monoisotopic (exact) mass is 542 g/mol. The van der Waals surface area contributed by atoms with E-state index in [1.54, 1.807) is 6.26 Å². The molecule has 8 nitrogen and oxygen atoms in total. The molecule has 0 bridgehead atoms. The number of nitrogens with zero attached hydrogens (tertiary/aromatic N) is 4. The van der Waals surface area contributed by atoms with Gasteiger partial charge in [0.2, 0.25) is 0 Å². The highest BCUT2D eigenvalue weighted by Gasteiger charge is 2.17. The molecule has 1 aliphatic heterocycles. The van der Waals surface area contributed by atoms with Crippen LogP contribution < -0.4 is 10.6 Å². The molecule has 0 unspecified atom stereocenters. The first-order valence-corrected chi connectivity index (χ1v) is 11.3. The Hall–Kier alpha value is -1.59. The maximum Gasteiger partial charge on any atom is 0.191 e. The Morgan fingerprint density at radius 1 is 1.13 bits per heavy atom. The fourth-order valence-corrected chi connectivity index (χ4v) is 4.08. The van der Waals surface area contributed by atoms with E-state index in [2.05, 4.69) is 32.5 Å². The van der Waals surface area contributed by atoms with Gasteiger partial charge in [-0.3, -0.25) is 9.58 Å². The lowest BCUT2D eigenvalue weighted by molar-refractivity contribution is 0.0389. The highest BCUT2D eigenvalue weighted by molar-refractivity contribution is 14.0. The lowest BCUT2D eigenvalue weighted by Crippen LogP contribution is -2.44. The van der Waals surface area contributed by atoms with Crippen molar-refractivity contribution in [1.82, 2.24) is 25.3 Å².